The van der Waals surface area contributed by atoms with E-state index in [-0.39, 0.29) is 17.2 Å². The molecule has 2 amide bonds. The number of hydrogen-bond acceptors (Lipinski definition) is 3. The molecule has 1 saturated heterocycles. The van der Waals surface area contributed by atoms with Crippen LogP contribution in [0.5, 0.6) is 0 Å². The van der Waals surface area contributed by atoms with Crippen molar-refractivity contribution in [3.05, 3.63) is 29.3 Å². The van der Waals surface area contributed by atoms with Crippen LogP contribution in [0.3, 0.4) is 0 Å². The summed E-state index contributed by atoms with van der Waals surface area (Å²) >= 11 is 5.90. The van der Waals surface area contributed by atoms with Gasteiger partial charge in [0.1, 0.15) is 6.04 Å². The average molecular weight is 364 g/mol. The maximum atomic E-state index is 12.6. The second-order valence-corrected chi connectivity index (χ2v) is 7.75. The van der Waals surface area contributed by atoms with Crippen molar-refractivity contribution in [3.8, 4) is 0 Å². The number of amides is 2. The van der Waals surface area contributed by atoms with Crippen molar-refractivity contribution in [1.82, 2.24) is 5.32 Å². The fourth-order valence-corrected chi connectivity index (χ4v) is 4.16. The van der Waals surface area contributed by atoms with E-state index in [0.717, 1.165) is 31.4 Å². The van der Waals surface area contributed by atoms with Gasteiger partial charge in [0.05, 0.1) is 0 Å². The van der Waals surface area contributed by atoms with Crippen LogP contribution >= 0.6 is 11.6 Å². The van der Waals surface area contributed by atoms with Crippen molar-refractivity contribution in [2.75, 3.05) is 18.0 Å². The van der Waals surface area contributed by atoms with Gasteiger partial charge in [-0.15, -0.1) is 0 Å². The van der Waals surface area contributed by atoms with Crippen molar-refractivity contribution in [2.45, 2.75) is 51.0 Å². The first-order chi connectivity index (χ1) is 12.0. The van der Waals surface area contributed by atoms with Crippen LogP contribution in [0.4, 0.5) is 5.69 Å². The quantitative estimate of drug-likeness (QED) is 0.844. The lowest BCUT2D eigenvalue weighted by Crippen LogP contribution is -2.45. The highest BCUT2D eigenvalue weighted by atomic mass is 35.5. The molecule has 1 heterocycles. The van der Waals surface area contributed by atoms with Gasteiger partial charge < -0.3 is 16.0 Å². The summed E-state index contributed by atoms with van der Waals surface area (Å²) in [5.41, 5.74) is 6.70. The van der Waals surface area contributed by atoms with Crippen LogP contribution in [0.1, 0.15) is 44.9 Å². The lowest BCUT2D eigenvalue weighted by Gasteiger charge is -2.35. The molecular formula is C19H26ClN3O2. The largest absolute Gasteiger partial charge is 0.344 e. The monoisotopic (exact) mass is 363 g/mol. The minimum absolute atomic E-state index is 0.0522. The molecule has 1 aliphatic carbocycles. The zero-order valence-corrected chi connectivity index (χ0v) is 15.2. The van der Waals surface area contributed by atoms with E-state index in [9.17, 15) is 9.59 Å². The molecule has 1 saturated carbocycles. The average Bonchev–Trinajstić information content (AvgIpc) is 2.97. The molecule has 0 bridgehead atoms. The number of nitrogens with two attached hydrogens (primary N) is 1. The molecule has 1 aromatic carbocycles. The van der Waals surface area contributed by atoms with Gasteiger partial charge in [0.15, 0.2) is 0 Å². The molecule has 5 nitrogen and oxygen atoms in total. The van der Waals surface area contributed by atoms with Crippen LogP contribution in [0.15, 0.2) is 24.3 Å². The third-order valence-electron chi connectivity index (χ3n) is 5.56. The fraction of sp³-hybridized carbons (Fsp3) is 0.579. The van der Waals surface area contributed by atoms with Crippen LogP contribution < -0.4 is 16.0 Å². The number of halogens is 1. The van der Waals surface area contributed by atoms with Gasteiger partial charge >= 0.3 is 0 Å². The Kier molecular flexibility index (Phi) is 5.64. The first-order valence-corrected chi connectivity index (χ1v) is 9.47. The molecule has 136 valence electrons. The Labute approximate surface area is 153 Å². The summed E-state index contributed by atoms with van der Waals surface area (Å²) in [4.78, 5) is 26.8. The topological polar surface area (TPSA) is 75.4 Å². The van der Waals surface area contributed by atoms with E-state index in [1.807, 2.05) is 12.1 Å². The van der Waals surface area contributed by atoms with Crippen LogP contribution in [-0.4, -0.2) is 30.9 Å². The third-order valence-corrected chi connectivity index (χ3v) is 5.81. The van der Waals surface area contributed by atoms with E-state index in [0.29, 0.717) is 31.0 Å². The van der Waals surface area contributed by atoms with Crippen molar-refractivity contribution in [1.29, 1.82) is 0 Å². The lowest BCUT2D eigenvalue weighted by atomic mass is 9.71. The molecule has 2 aliphatic rings. The summed E-state index contributed by atoms with van der Waals surface area (Å²) in [5.74, 6) is -0.107. The molecule has 1 aromatic rings. The first-order valence-electron chi connectivity index (χ1n) is 9.09. The van der Waals surface area contributed by atoms with Gasteiger partial charge in [0.25, 0.3) is 0 Å². The summed E-state index contributed by atoms with van der Waals surface area (Å²) in [6, 6.07) is 6.75. The number of anilines is 1. The highest BCUT2D eigenvalue weighted by molar-refractivity contribution is 6.30. The number of hydrogen-bond donors (Lipinski definition) is 2. The van der Waals surface area contributed by atoms with Gasteiger partial charge in [-0.25, -0.2) is 0 Å². The van der Waals surface area contributed by atoms with Crippen molar-refractivity contribution < 1.29 is 9.59 Å². The normalized spacial score (nSPS) is 22.9. The van der Waals surface area contributed by atoms with Gasteiger partial charge in [-0.2, -0.15) is 0 Å². The van der Waals surface area contributed by atoms with Gasteiger partial charge in [0, 0.05) is 23.7 Å². The van der Waals surface area contributed by atoms with Gasteiger partial charge in [-0.1, -0.05) is 30.9 Å². The van der Waals surface area contributed by atoms with Crippen LogP contribution in [0, 0.1) is 5.41 Å². The summed E-state index contributed by atoms with van der Waals surface area (Å²) in [6.45, 7) is 1.14. The van der Waals surface area contributed by atoms with Gasteiger partial charge in [-0.05, 0) is 55.5 Å². The maximum Gasteiger partial charge on any atom is 0.249 e. The fourth-order valence-electron chi connectivity index (χ4n) is 4.03. The number of benzene rings is 1. The van der Waals surface area contributed by atoms with Crippen LogP contribution in [-0.2, 0) is 9.59 Å². The molecule has 1 aliphatic heterocycles. The SMILES string of the molecule is NCC1(CC(=O)NC2CCN(c3ccc(Cl)cc3)C2=O)CCCCC1. The molecular weight excluding hydrogens is 338 g/mol. The number of nitrogens with one attached hydrogen (secondary N) is 1. The first kappa shape index (κ1) is 18.2. The molecule has 0 aromatic heterocycles. The number of carbonyl (C=O) groups excluding carboxylic acids is 2. The Hall–Kier alpha value is -1.59. The predicted octanol–water partition coefficient (Wildman–Crippen LogP) is 2.86. The zero-order valence-electron chi connectivity index (χ0n) is 14.5. The maximum absolute atomic E-state index is 12.6. The highest BCUT2D eigenvalue weighted by Crippen LogP contribution is 2.38. The second kappa shape index (κ2) is 7.75. The van der Waals surface area contributed by atoms with Crippen LogP contribution in [0.2, 0.25) is 5.02 Å². The lowest BCUT2D eigenvalue weighted by molar-refractivity contribution is -0.128. The third kappa shape index (κ3) is 4.15. The number of rotatable bonds is 5. The second-order valence-electron chi connectivity index (χ2n) is 7.32. The van der Waals surface area contributed by atoms with E-state index >= 15 is 0 Å². The molecule has 0 spiro atoms. The Morgan fingerprint density at radius 3 is 2.56 bits per heavy atom. The Balaban J connectivity index is 1.58. The smallest absolute Gasteiger partial charge is 0.249 e. The molecule has 1 unspecified atom stereocenters. The Morgan fingerprint density at radius 1 is 1.24 bits per heavy atom. The van der Waals surface area contributed by atoms with Gasteiger partial charge in [0.2, 0.25) is 11.8 Å². The minimum atomic E-state index is -0.443. The zero-order chi connectivity index (χ0) is 17.9. The highest BCUT2D eigenvalue weighted by Gasteiger charge is 2.37. The van der Waals surface area contributed by atoms with Crippen LogP contribution in [0.25, 0.3) is 0 Å². The molecule has 6 heteroatoms. The molecule has 3 N–H and O–H groups in total. The summed E-state index contributed by atoms with van der Waals surface area (Å²) in [6.07, 6.45) is 6.56. The standard InChI is InChI=1S/C19H26ClN3O2/c20-14-4-6-15(7-5-14)23-11-8-16(18(23)25)22-17(24)12-19(13-21)9-2-1-3-10-19/h4-7,16H,1-3,8-13,21H2,(H,22,24). The molecule has 1 atom stereocenters. The van der Waals surface area contributed by atoms with E-state index < -0.39 is 6.04 Å². The Morgan fingerprint density at radius 2 is 1.92 bits per heavy atom. The molecule has 0 radical (unpaired) electrons. The van der Waals surface area contributed by atoms with E-state index in [2.05, 4.69) is 5.32 Å². The molecule has 25 heavy (non-hydrogen) atoms. The number of nitrogens with zero attached hydrogens (tertiary/aromatic N) is 1. The minimum Gasteiger partial charge on any atom is -0.344 e. The van der Waals surface area contributed by atoms with Crippen molar-refractivity contribution in [3.63, 3.8) is 0 Å². The predicted molar refractivity (Wildman–Crippen MR) is 99.5 cm³/mol. The Bertz CT molecular complexity index is 626. The molecule has 3 rings (SSSR count). The summed E-state index contributed by atoms with van der Waals surface area (Å²) < 4.78 is 0. The molecule has 2 fully saturated rings. The summed E-state index contributed by atoms with van der Waals surface area (Å²) in [5, 5.41) is 3.57. The summed E-state index contributed by atoms with van der Waals surface area (Å²) in [7, 11) is 0. The van der Waals surface area contributed by atoms with Crippen molar-refractivity contribution in [2.24, 2.45) is 11.1 Å². The van der Waals surface area contributed by atoms with E-state index in [1.54, 1.807) is 17.0 Å². The van der Waals surface area contributed by atoms with Gasteiger partial charge in [-0.3, -0.25) is 9.59 Å². The van der Waals surface area contributed by atoms with E-state index in [4.69, 9.17) is 17.3 Å². The van der Waals surface area contributed by atoms with Crippen molar-refractivity contribution >= 4 is 29.1 Å². The number of carbonyl (C=O) groups is 2. The van der Waals surface area contributed by atoms with E-state index in [1.165, 1.54) is 6.42 Å².